The van der Waals surface area contributed by atoms with E-state index >= 15 is 0 Å². The maximum absolute atomic E-state index is 3.64. The SMILES string of the molecule is CC1=[C-]C(C)C=C1C1=CC=CCC1=[NH+]C(C)(C)C.[Cl-].[Cl-].[Cl-].[Cl-].[Ti]. The summed E-state index contributed by atoms with van der Waals surface area (Å²) >= 11 is 0. The van der Waals surface area contributed by atoms with E-state index in [1.807, 2.05) is 0 Å². The molecule has 0 amide bonds. The fraction of sp³-hybridized carbons (Fsp3) is 0.471. The fourth-order valence-electron chi connectivity index (χ4n) is 2.51. The smallest absolute Gasteiger partial charge is 0.168 e. The molecule has 0 fully saturated rings. The van der Waals surface area contributed by atoms with E-state index in [-0.39, 0.29) is 76.9 Å². The van der Waals surface area contributed by atoms with Crippen molar-refractivity contribution in [3.05, 3.63) is 47.1 Å². The number of hydrogen-bond acceptors (Lipinski definition) is 0. The molecular formula is C17H23Cl4NTi-4. The third-order valence-corrected chi connectivity index (χ3v) is 3.13. The Kier molecular flexibility index (Phi) is 17.4. The number of allylic oxidation sites excluding steroid dienone is 8. The first-order valence-corrected chi connectivity index (χ1v) is 6.71. The molecule has 0 aromatic carbocycles. The van der Waals surface area contributed by atoms with Gasteiger partial charge in [-0.2, -0.15) is 11.6 Å². The molecule has 1 unspecified atom stereocenters. The van der Waals surface area contributed by atoms with Crippen LogP contribution >= 0.6 is 0 Å². The molecule has 2 aliphatic carbocycles. The first-order chi connectivity index (χ1) is 8.37. The minimum Gasteiger partial charge on any atom is -1.00 e. The summed E-state index contributed by atoms with van der Waals surface area (Å²) in [5, 5.41) is 0. The van der Waals surface area contributed by atoms with E-state index in [1.54, 1.807) is 0 Å². The second kappa shape index (κ2) is 12.8. The van der Waals surface area contributed by atoms with Crippen molar-refractivity contribution in [2.45, 2.75) is 46.6 Å². The van der Waals surface area contributed by atoms with Crippen LogP contribution in [0.3, 0.4) is 0 Å². The van der Waals surface area contributed by atoms with Gasteiger partial charge < -0.3 is 49.6 Å². The quantitative estimate of drug-likeness (QED) is 0.314. The number of halogens is 4. The van der Waals surface area contributed by atoms with Gasteiger partial charge in [0.25, 0.3) is 0 Å². The molecule has 1 N–H and O–H groups in total. The van der Waals surface area contributed by atoms with Gasteiger partial charge in [-0.1, -0.05) is 38.0 Å². The van der Waals surface area contributed by atoms with Crippen molar-refractivity contribution in [3.8, 4) is 0 Å². The predicted molar refractivity (Wildman–Crippen MR) is 77.2 cm³/mol. The molecule has 132 valence electrons. The molecule has 0 aromatic heterocycles. The Labute approximate surface area is 180 Å². The summed E-state index contributed by atoms with van der Waals surface area (Å²) in [6.45, 7) is 11.0. The van der Waals surface area contributed by atoms with E-state index in [1.165, 1.54) is 22.4 Å². The molecule has 0 aromatic rings. The monoisotopic (exact) mass is 429 g/mol. The first kappa shape index (κ1) is 31.3. The Bertz CT molecular complexity index is 511. The molecule has 0 heterocycles. The molecule has 0 aliphatic heterocycles. The maximum Gasteiger partial charge on any atom is 0.168 e. The second-order valence-electron chi connectivity index (χ2n) is 6.20. The van der Waals surface area contributed by atoms with Gasteiger partial charge in [0.05, 0.1) is 0 Å². The van der Waals surface area contributed by atoms with Crippen molar-refractivity contribution in [2.75, 3.05) is 0 Å². The molecule has 0 bridgehead atoms. The molecule has 23 heavy (non-hydrogen) atoms. The molecule has 2 rings (SSSR count). The van der Waals surface area contributed by atoms with Gasteiger partial charge in [0.15, 0.2) is 11.3 Å². The van der Waals surface area contributed by atoms with Crippen LogP contribution in [0.1, 0.15) is 41.0 Å². The van der Waals surface area contributed by atoms with Crippen LogP contribution in [0.5, 0.6) is 0 Å². The van der Waals surface area contributed by atoms with Gasteiger partial charge in [-0.3, -0.25) is 6.08 Å². The average Bonchev–Trinajstić information content (AvgIpc) is 2.56. The van der Waals surface area contributed by atoms with Crippen LogP contribution in [0.25, 0.3) is 0 Å². The van der Waals surface area contributed by atoms with Crippen molar-refractivity contribution >= 4 is 5.71 Å². The topological polar surface area (TPSA) is 14.0 Å². The standard InChI is InChI=1S/C17H22N.4ClH.Ti/c1-12-10-13(2)15(11-12)14-8-6-7-9-16(14)18-17(3,4)5;;;;;/h6-8,11-12H,9H2,1-5H3;4*1H;/q-1;;;;;/p-3. The Balaban J connectivity index is -0.000000361. The molecular weight excluding hydrogens is 408 g/mol. The van der Waals surface area contributed by atoms with Crippen LogP contribution in [0, 0.1) is 12.0 Å². The van der Waals surface area contributed by atoms with Crippen molar-refractivity contribution in [1.82, 2.24) is 0 Å². The van der Waals surface area contributed by atoms with Gasteiger partial charge in [0.2, 0.25) is 0 Å². The second-order valence-corrected chi connectivity index (χ2v) is 6.20. The average molecular weight is 431 g/mol. The van der Waals surface area contributed by atoms with E-state index in [0.717, 1.165) is 6.42 Å². The van der Waals surface area contributed by atoms with Crippen LogP contribution in [-0.4, -0.2) is 11.3 Å². The van der Waals surface area contributed by atoms with Crippen LogP contribution in [0.2, 0.25) is 0 Å². The minimum atomic E-state index is 0. The van der Waals surface area contributed by atoms with Gasteiger partial charge >= 0.3 is 0 Å². The van der Waals surface area contributed by atoms with Crippen molar-refractivity contribution in [1.29, 1.82) is 0 Å². The summed E-state index contributed by atoms with van der Waals surface area (Å²) in [5.41, 5.74) is 5.38. The van der Waals surface area contributed by atoms with Crippen LogP contribution in [-0.2, 0) is 21.7 Å². The van der Waals surface area contributed by atoms with Crippen LogP contribution in [0.15, 0.2) is 41.0 Å². The summed E-state index contributed by atoms with van der Waals surface area (Å²) in [7, 11) is 0. The Morgan fingerprint density at radius 2 is 1.65 bits per heavy atom. The van der Waals surface area contributed by atoms with E-state index in [4.69, 9.17) is 0 Å². The number of rotatable bonds is 1. The zero-order valence-electron chi connectivity index (χ0n) is 14.1. The Hall–Kier alpha value is 0.504. The normalized spacial score (nSPS) is 20.5. The van der Waals surface area contributed by atoms with Gasteiger partial charge in [-0.05, 0) is 26.3 Å². The van der Waals surface area contributed by atoms with E-state index in [2.05, 4.69) is 70.0 Å². The molecule has 0 spiro atoms. The molecule has 0 radical (unpaired) electrons. The molecule has 6 heteroatoms. The zero-order valence-corrected chi connectivity index (χ0v) is 18.7. The number of nitrogens with one attached hydrogen (secondary N) is 1. The predicted octanol–water partition coefficient (Wildman–Crippen LogP) is -9.47. The largest absolute Gasteiger partial charge is 1.00 e. The summed E-state index contributed by atoms with van der Waals surface area (Å²) in [5.74, 6) is 0.433. The Morgan fingerprint density at radius 3 is 2.09 bits per heavy atom. The van der Waals surface area contributed by atoms with E-state index in [9.17, 15) is 0 Å². The molecule has 1 atom stereocenters. The van der Waals surface area contributed by atoms with Crippen molar-refractivity contribution < 1.29 is 76.3 Å². The molecule has 1 nitrogen and oxygen atoms in total. The number of hydrogen-bond donors (Lipinski definition) is 1. The van der Waals surface area contributed by atoms with Crippen molar-refractivity contribution in [3.63, 3.8) is 0 Å². The summed E-state index contributed by atoms with van der Waals surface area (Å²) in [6.07, 6.45) is 13.3. The van der Waals surface area contributed by atoms with Crippen molar-refractivity contribution in [2.24, 2.45) is 5.92 Å². The summed E-state index contributed by atoms with van der Waals surface area (Å²) in [6, 6.07) is 0. The first-order valence-electron chi connectivity index (χ1n) is 6.71. The van der Waals surface area contributed by atoms with Crippen LogP contribution in [0.4, 0.5) is 0 Å². The fourth-order valence-corrected chi connectivity index (χ4v) is 2.51. The van der Waals surface area contributed by atoms with E-state index < -0.39 is 0 Å². The van der Waals surface area contributed by atoms with Crippen LogP contribution < -0.4 is 54.6 Å². The molecule has 0 saturated heterocycles. The minimum absolute atomic E-state index is 0. The van der Waals surface area contributed by atoms with Gasteiger partial charge in [0.1, 0.15) is 0 Å². The van der Waals surface area contributed by atoms with Gasteiger partial charge in [-0.25, -0.2) is 10.6 Å². The maximum atomic E-state index is 3.64. The molecule has 0 saturated carbocycles. The third-order valence-electron chi connectivity index (χ3n) is 3.13. The summed E-state index contributed by atoms with van der Waals surface area (Å²) in [4.78, 5) is 3.64. The van der Waals surface area contributed by atoms with Gasteiger partial charge in [-0.15, -0.1) is 0 Å². The Morgan fingerprint density at radius 1 is 1.09 bits per heavy atom. The third kappa shape index (κ3) is 8.96. The summed E-state index contributed by atoms with van der Waals surface area (Å²) < 4.78 is 0. The molecule has 2 aliphatic rings. The zero-order chi connectivity index (χ0) is 13.3. The van der Waals surface area contributed by atoms with Gasteiger partial charge in [0, 0.05) is 28.1 Å². The van der Waals surface area contributed by atoms with E-state index in [0.29, 0.717) is 5.92 Å².